The maximum absolute atomic E-state index is 11.7. The van der Waals surface area contributed by atoms with Crippen molar-refractivity contribution in [3.05, 3.63) is 12.0 Å². The molecule has 0 aromatic carbocycles. The number of nitrogens with zero attached hydrogens (tertiary/aromatic N) is 1. The summed E-state index contributed by atoms with van der Waals surface area (Å²) < 4.78 is 25.5. The maximum Gasteiger partial charge on any atom is 0.322 e. The highest BCUT2D eigenvalue weighted by Crippen LogP contribution is 2.05. The normalized spacial score (nSPS) is 11.2. The first-order valence-electron chi connectivity index (χ1n) is 5.37. The van der Waals surface area contributed by atoms with Crippen LogP contribution in [0.15, 0.2) is 11.2 Å². The summed E-state index contributed by atoms with van der Waals surface area (Å²) in [5, 5.41) is 10.2. The van der Waals surface area contributed by atoms with Crippen molar-refractivity contribution >= 4 is 21.9 Å². The van der Waals surface area contributed by atoms with E-state index in [0.717, 1.165) is 6.20 Å². The first kappa shape index (κ1) is 15.1. The summed E-state index contributed by atoms with van der Waals surface area (Å²) in [5.41, 5.74) is 0. The molecule has 1 heterocycles. The second-order valence-corrected chi connectivity index (χ2v) is 5.28. The Morgan fingerprint density at radius 3 is 2.63 bits per heavy atom. The average Bonchev–Trinajstić information content (AvgIpc) is 2.83. The van der Waals surface area contributed by atoms with Crippen LogP contribution in [0.2, 0.25) is 0 Å². The largest absolute Gasteiger partial charge is 0.480 e. The first-order valence-corrected chi connectivity index (χ1v) is 6.85. The van der Waals surface area contributed by atoms with Crippen LogP contribution >= 0.6 is 0 Å². The van der Waals surface area contributed by atoms with Gasteiger partial charge in [0.1, 0.15) is 12.4 Å². The van der Waals surface area contributed by atoms with Gasteiger partial charge >= 0.3 is 5.97 Å². The third-order valence-electron chi connectivity index (χ3n) is 2.09. The van der Waals surface area contributed by atoms with E-state index in [1.165, 1.54) is 0 Å². The molecule has 19 heavy (non-hydrogen) atoms. The van der Waals surface area contributed by atoms with E-state index >= 15 is 0 Å². The van der Waals surface area contributed by atoms with Crippen molar-refractivity contribution in [2.24, 2.45) is 0 Å². The van der Waals surface area contributed by atoms with Crippen LogP contribution in [0.4, 0.5) is 0 Å². The predicted octanol–water partition coefficient (Wildman–Crippen LogP) is -1.55. The molecule has 0 aliphatic heterocycles. The van der Waals surface area contributed by atoms with Gasteiger partial charge in [-0.1, -0.05) is 6.92 Å². The molecule has 0 fully saturated rings. The minimum Gasteiger partial charge on any atom is -0.480 e. The number of carboxylic acid groups (broad SMARTS) is 1. The Bertz CT molecular complexity index is 565. The number of aryl methyl sites for hydroxylation is 1. The predicted molar refractivity (Wildman–Crippen MR) is 63.8 cm³/mol. The van der Waals surface area contributed by atoms with Gasteiger partial charge in [0.05, 0.1) is 12.7 Å². The van der Waals surface area contributed by atoms with Crippen LogP contribution in [0.25, 0.3) is 0 Å². The third-order valence-corrected chi connectivity index (χ3v) is 3.40. The van der Waals surface area contributed by atoms with Crippen LogP contribution in [0.5, 0.6) is 0 Å². The van der Waals surface area contributed by atoms with Gasteiger partial charge in [0.2, 0.25) is 5.91 Å². The number of H-pyrrole nitrogens is 1. The summed E-state index contributed by atoms with van der Waals surface area (Å²) in [7, 11) is -3.86. The van der Waals surface area contributed by atoms with Gasteiger partial charge in [-0.2, -0.15) is 0 Å². The molecule has 1 aromatic heterocycles. The number of rotatable bonds is 7. The summed E-state index contributed by atoms with van der Waals surface area (Å²) >= 11 is 0. The van der Waals surface area contributed by atoms with Gasteiger partial charge in [0.25, 0.3) is 10.0 Å². The minimum absolute atomic E-state index is 0.143. The fourth-order valence-corrected chi connectivity index (χ4v) is 2.05. The number of sulfonamides is 1. The molecule has 0 bridgehead atoms. The lowest BCUT2D eigenvalue weighted by molar-refractivity contribution is -0.137. The molecule has 10 heteroatoms. The van der Waals surface area contributed by atoms with Crippen molar-refractivity contribution in [3.8, 4) is 0 Å². The molecule has 1 aromatic rings. The van der Waals surface area contributed by atoms with E-state index in [1.54, 1.807) is 0 Å². The number of hydrogen-bond acceptors (Lipinski definition) is 5. The Labute approximate surface area is 109 Å². The van der Waals surface area contributed by atoms with E-state index < -0.39 is 35.0 Å². The van der Waals surface area contributed by atoms with Gasteiger partial charge in [-0.05, 0) is 0 Å². The van der Waals surface area contributed by atoms with Crippen LogP contribution in [0.1, 0.15) is 12.7 Å². The highest BCUT2D eigenvalue weighted by Gasteiger charge is 2.18. The summed E-state index contributed by atoms with van der Waals surface area (Å²) in [6.45, 7) is 0.697. The van der Waals surface area contributed by atoms with Crippen LogP contribution in [-0.4, -0.2) is 48.5 Å². The number of aliphatic carboxylic acids is 1. The van der Waals surface area contributed by atoms with Crippen LogP contribution < -0.4 is 10.0 Å². The highest BCUT2D eigenvalue weighted by molar-refractivity contribution is 7.89. The Morgan fingerprint density at radius 2 is 2.11 bits per heavy atom. The zero-order valence-corrected chi connectivity index (χ0v) is 11.0. The van der Waals surface area contributed by atoms with E-state index in [9.17, 15) is 18.0 Å². The summed E-state index contributed by atoms with van der Waals surface area (Å²) in [6, 6.07) is 0. The number of carbonyl (C=O) groups excluding carboxylic acids is 1. The lowest BCUT2D eigenvalue weighted by Gasteiger charge is -2.04. The number of aromatic amines is 1. The molecule has 9 nitrogen and oxygen atoms in total. The molecule has 0 aliphatic rings. The molecule has 1 amide bonds. The Balaban J connectivity index is 2.56. The van der Waals surface area contributed by atoms with Gasteiger partial charge < -0.3 is 15.4 Å². The number of carbonyl (C=O) groups is 2. The molecule has 0 atom stereocenters. The van der Waals surface area contributed by atoms with Crippen molar-refractivity contribution in [3.63, 3.8) is 0 Å². The summed E-state index contributed by atoms with van der Waals surface area (Å²) in [5.74, 6) is -1.44. The minimum atomic E-state index is -3.86. The van der Waals surface area contributed by atoms with Gasteiger partial charge in [-0.3, -0.25) is 9.59 Å². The van der Waals surface area contributed by atoms with Crippen molar-refractivity contribution in [2.75, 3.05) is 13.1 Å². The monoisotopic (exact) mass is 290 g/mol. The molecular weight excluding hydrogens is 276 g/mol. The maximum atomic E-state index is 11.7. The van der Waals surface area contributed by atoms with Crippen molar-refractivity contribution in [1.29, 1.82) is 0 Å². The number of hydrogen-bond donors (Lipinski definition) is 4. The van der Waals surface area contributed by atoms with E-state index in [1.807, 2.05) is 17.0 Å². The average molecular weight is 290 g/mol. The lowest BCUT2D eigenvalue weighted by Crippen LogP contribution is -2.39. The Kier molecular flexibility index (Phi) is 5.01. The number of imidazole rings is 1. The number of amides is 1. The third kappa shape index (κ3) is 4.67. The van der Waals surface area contributed by atoms with E-state index in [-0.39, 0.29) is 5.03 Å². The number of carboxylic acids is 1. The zero-order chi connectivity index (χ0) is 14.5. The molecule has 0 aliphatic carbocycles. The van der Waals surface area contributed by atoms with Crippen molar-refractivity contribution < 1.29 is 23.1 Å². The van der Waals surface area contributed by atoms with E-state index in [0.29, 0.717) is 12.2 Å². The molecule has 0 saturated carbocycles. The van der Waals surface area contributed by atoms with Crippen LogP contribution in [-0.2, 0) is 26.0 Å². The topological polar surface area (TPSA) is 141 Å². The Morgan fingerprint density at radius 1 is 1.42 bits per heavy atom. The summed E-state index contributed by atoms with van der Waals surface area (Å²) in [4.78, 5) is 27.8. The highest BCUT2D eigenvalue weighted by atomic mass is 32.2. The molecular formula is C9H14N4O5S. The molecule has 1 rings (SSSR count). The SMILES string of the molecule is CCc1ncc(S(=O)(=O)NCC(=O)NCC(=O)O)[nH]1. The lowest BCUT2D eigenvalue weighted by atomic mass is 10.5. The fourth-order valence-electron chi connectivity index (χ4n) is 1.13. The second kappa shape index (κ2) is 6.29. The molecule has 0 unspecified atom stereocenters. The number of aromatic nitrogens is 2. The molecule has 0 spiro atoms. The standard InChI is InChI=1S/C9H14N4O5S/c1-2-6-10-4-8(13-6)19(17,18)12-3-7(14)11-5-9(15)16/h4,12H,2-3,5H2,1H3,(H,10,13)(H,11,14)(H,15,16). The van der Waals surface area contributed by atoms with Gasteiger partial charge in [-0.15, -0.1) is 0 Å². The zero-order valence-electron chi connectivity index (χ0n) is 10.1. The van der Waals surface area contributed by atoms with Crippen LogP contribution in [0.3, 0.4) is 0 Å². The molecule has 4 N–H and O–H groups in total. The van der Waals surface area contributed by atoms with E-state index in [4.69, 9.17) is 5.11 Å². The quantitative estimate of drug-likeness (QED) is 0.479. The van der Waals surface area contributed by atoms with Crippen molar-refractivity contribution in [2.45, 2.75) is 18.4 Å². The first-order chi connectivity index (χ1) is 8.85. The second-order valence-electron chi connectivity index (χ2n) is 3.54. The molecule has 106 valence electrons. The molecule has 0 radical (unpaired) electrons. The van der Waals surface area contributed by atoms with Crippen LogP contribution in [0, 0.1) is 0 Å². The number of nitrogens with one attached hydrogen (secondary N) is 3. The smallest absolute Gasteiger partial charge is 0.322 e. The van der Waals surface area contributed by atoms with Gasteiger partial charge in [0, 0.05) is 6.42 Å². The van der Waals surface area contributed by atoms with E-state index in [2.05, 4.69) is 9.97 Å². The van der Waals surface area contributed by atoms with Gasteiger partial charge in [0.15, 0.2) is 5.03 Å². The fraction of sp³-hybridized carbons (Fsp3) is 0.444. The van der Waals surface area contributed by atoms with Gasteiger partial charge in [-0.25, -0.2) is 18.1 Å². The van der Waals surface area contributed by atoms with Crippen molar-refractivity contribution in [1.82, 2.24) is 20.0 Å². The Hall–Kier alpha value is -1.94. The molecule has 0 saturated heterocycles. The summed E-state index contributed by atoms with van der Waals surface area (Å²) in [6.07, 6.45) is 1.70.